The van der Waals surface area contributed by atoms with Crippen LogP contribution in [0.1, 0.15) is 5.56 Å². The second-order valence-corrected chi connectivity index (χ2v) is 6.98. The molecule has 156 valence electrons. The lowest BCUT2D eigenvalue weighted by molar-refractivity contribution is 0.254. The van der Waals surface area contributed by atoms with E-state index in [0.29, 0.717) is 28.1 Å². The second kappa shape index (κ2) is 9.88. The topological polar surface area (TPSA) is 66.3 Å². The highest BCUT2D eigenvalue weighted by atomic mass is 32.1. The zero-order chi connectivity index (χ0) is 21.5. The fourth-order valence-electron chi connectivity index (χ4n) is 2.96. The molecular formula is C24H21N3O3S. The van der Waals surface area contributed by atoms with E-state index >= 15 is 0 Å². The number of nitrogens with one attached hydrogen (secondary N) is 1. The van der Waals surface area contributed by atoms with Crippen LogP contribution >= 0.6 is 12.2 Å². The first-order valence-corrected chi connectivity index (χ1v) is 10.2. The molecule has 0 amide bonds. The van der Waals surface area contributed by atoms with E-state index in [1.165, 1.54) is 5.01 Å². The molecule has 0 atom stereocenters. The van der Waals surface area contributed by atoms with E-state index in [-0.39, 0.29) is 13.2 Å². The highest BCUT2D eigenvalue weighted by Gasteiger charge is 2.22. The molecule has 7 heteroatoms. The summed E-state index contributed by atoms with van der Waals surface area (Å²) in [6, 6.07) is 26.7. The van der Waals surface area contributed by atoms with Crippen molar-refractivity contribution in [2.75, 3.05) is 18.5 Å². The zero-order valence-corrected chi connectivity index (χ0v) is 17.5. The first-order chi connectivity index (χ1) is 15.2. The van der Waals surface area contributed by atoms with Gasteiger partial charge in [-0.2, -0.15) is 5.10 Å². The average Bonchev–Trinajstić information content (AvgIpc) is 2.82. The lowest BCUT2D eigenvalue weighted by Gasteiger charge is -2.23. The minimum Gasteiger partial charge on any atom is -0.449 e. The Balaban J connectivity index is 1.62. The van der Waals surface area contributed by atoms with Gasteiger partial charge in [-0.1, -0.05) is 60.7 Å². The molecule has 1 aliphatic heterocycles. The SMILES string of the molecule is OCCN(/N=C\C1=C(c2ccccc2)Oc2ccccc2O1)C(=S)Nc1ccccc1. The van der Waals surface area contributed by atoms with Gasteiger partial charge in [-0.25, -0.2) is 5.01 Å². The molecule has 0 saturated carbocycles. The molecule has 0 fully saturated rings. The van der Waals surface area contributed by atoms with Gasteiger partial charge in [-0.3, -0.25) is 0 Å². The smallest absolute Gasteiger partial charge is 0.194 e. The number of para-hydroxylation sites is 3. The molecule has 0 aliphatic carbocycles. The Hall–Kier alpha value is -3.68. The third-order valence-electron chi connectivity index (χ3n) is 4.43. The summed E-state index contributed by atoms with van der Waals surface area (Å²) >= 11 is 5.48. The monoisotopic (exact) mass is 431 g/mol. The molecule has 1 heterocycles. The van der Waals surface area contributed by atoms with Crippen molar-refractivity contribution in [1.82, 2.24) is 5.01 Å². The molecular weight excluding hydrogens is 410 g/mol. The Morgan fingerprint density at radius 3 is 2.19 bits per heavy atom. The van der Waals surface area contributed by atoms with Gasteiger partial charge in [0.05, 0.1) is 19.4 Å². The number of hydrazone groups is 1. The lowest BCUT2D eigenvalue weighted by Crippen LogP contribution is -2.33. The maximum absolute atomic E-state index is 9.48. The zero-order valence-electron chi connectivity index (χ0n) is 16.6. The normalized spacial score (nSPS) is 12.7. The standard InChI is InChI=1S/C24H21N3O3S/c28-16-15-27(24(31)26-19-11-5-2-6-12-19)25-17-22-23(18-9-3-1-4-10-18)30-21-14-8-7-13-20(21)29-22/h1-14,17,28H,15-16H2,(H,26,31)/b25-17-. The predicted octanol–water partition coefficient (Wildman–Crippen LogP) is 4.50. The van der Waals surface area contributed by atoms with Crippen LogP contribution in [0.2, 0.25) is 0 Å². The van der Waals surface area contributed by atoms with Crippen LogP contribution in [0.15, 0.2) is 95.8 Å². The van der Waals surface area contributed by atoms with Gasteiger partial charge in [-0.05, 0) is 36.5 Å². The number of anilines is 1. The molecule has 0 bridgehead atoms. The van der Waals surface area contributed by atoms with Gasteiger partial charge < -0.3 is 19.9 Å². The largest absolute Gasteiger partial charge is 0.449 e. The number of rotatable bonds is 6. The number of hydrogen-bond acceptors (Lipinski definition) is 5. The third-order valence-corrected chi connectivity index (χ3v) is 4.74. The molecule has 3 aromatic carbocycles. The molecule has 0 saturated heterocycles. The first-order valence-electron chi connectivity index (χ1n) is 9.77. The number of aliphatic hydroxyl groups excluding tert-OH is 1. The van der Waals surface area contributed by atoms with Crippen LogP contribution in [0.3, 0.4) is 0 Å². The molecule has 2 N–H and O–H groups in total. The van der Waals surface area contributed by atoms with E-state index < -0.39 is 0 Å². The summed E-state index contributed by atoms with van der Waals surface area (Å²) in [5.74, 6) is 2.22. The summed E-state index contributed by atoms with van der Waals surface area (Å²) in [5.41, 5.74) is 1.69. The Morgan fingerprint density at radius 1 is 0.903 bits per heavy atom. The van der Waals surface area contributed by atoms with Crippen LogP contribution in [0.25, 0.3) is 5.76 Å². The summed E-state index contributed by atoms with van der Waals surface area (Å²) in [4.78, 5) is 0. The van der Waals surface area contributed by atoms with Gasteiger partial charge in [0, 0.05) is 11.3 Å². The predicted molar refractivity (Wildman–Crippen MR) is 126 cm³/mol. The minimum absolute atomic E-state index is 0.112. The number of allylic oxidation sites excluding steroid dienone is 1. The number of aliphatic hydroxyl groups is 1. The number of nitrogens with zero attached hydrogens (tertiary/aromatic N) is 2. The van der Waals surface area contributed by atoms with E-state index in [2.05, 4.69) is 10.4 Å². The second-order valence-electron chi connectivity index (χ2n) is 6.60. The van der Waals surface area contributed by atoms with Crippen LogP contribution in [0, 0.1) is 0 Å². The highest BCUT2D eigenvalue weighted by molar-refractivity contribution is 7.80. The van der Waals surface area contributed by atoms with Gasteiger partial charge in [0.2, 0.25) is 0 Å². The van der Waals surface area contributed by atoms with Crippen molar-refractivity contribution in [2.45, 2.75) is 0 Å². The Kier molecular flexibility index (Phi) is 6.56. The molecule has 0 spiro atoms. The number of benzene rings is 3. The van der Waals surface area contributed by atoms with Gasteiger partial charge in [-0.15, -0.1) is 0 Å². The molecule has 0 unspecified atom stereocenters. The van der Waals surface area contributed by atoms with E-state index in [1.54, 1.807) is 6.21 Å². The average molecular weight is 432 g/mol. The number of thiocarbonyl (C=S) groups is 1. The van der Waals surface area contributed by atoms with Crippen molar-refractivity contribution >= 4 is 35.0 Å². The summed E-state index contributed by atoms with van der Waals surface area (Å²) < 4.78 is 12.2. The van der Waals surface area contributed by atoms with E-state index in [0.717, 1.165) is 11.3 Å². The maximum Gasteiger partial charge on any atom is 0.194 e. The van der Waals surface area contributed by atoms with Gasteiger partial charge in [0.15, 0.2) is 28.1 Å². The number of fused-ring (bicyclic) bond motifs is 1. The van der Waals surface area contributed by atoms with E-state index in [9.17, 15) is 5.11 Å². The van der Waals surface area contributed by atoms with Gasteiger partial charge >= 0.3 is 0 Å². The van der Waals surface area contributed by atoms with Gasteiger partial charge in [0.25, 0.3) is 0 Å². The van der Waals surface area contributed by atoms with Crippen LogP contribution in [0.5, 0.6) is 11.5 Å². The molecule has 0 radical (unpaired) electrons. The Morgan fingerprint density at radius 2 is 1.52 bits per heavy atom. The van der Waals surface area contributed by atoms with E-state index in [4.69, 9.17) is 21.7 Å². The van der Waals surface area contributed by atoms with Crippen molar-refractivity contribution in [3.05, 3.63) is 96.3 Å². The number of ether oxygens (including phenoxy) is 2. The van der Waals surface area contributed by atoms with Crippen molar-refractivity contribution in [1.29, 1.82) is 0 Å². The lowest BCUT2D eigenvalue weighted by atomic mass is 10.1. The molecule has 3 aromatic rings. The Bertz CT molecular complexity index is 1100. The van der Waals surface area contributed by atoms with Crippen molar-refractivity contribution in [3.63, 3.8) is 0 Å². The summed E-state index contributed by atoms with van der Waals surface area (Å²) in [5, 5.41) is 18.9. The van der Waals surface area contributed by atoms with Crippen molar-refractivity contribution in [2.24, 2.45) is 5.10 Å². The summed E-state index contributed by atoms with van der Waals surface area (Å²) in [7, 11) is 0. The summed E-state index contributed by atoms with van der Waals surface area (Å²) in [6.07, 6.45) is 1.55. The number of hydrogen-bond donors (Lipinski definition) is 2. The highest BCUT2D eigenvalue weighted by Crippen LogP contribution is 2.37. The first kappa shape index (κ1) is 20.6. The fourth-order valence-corrected chi connectivity index (χ4v) is 3.21. The van der Waals surface area contributed by atoms with Crippen LogP contribution in [-0.2, 0) is 0 Å². The van der Waals surface area contributed by atoms with Crippen LogP contribution in [0.4, 0.5) is 5.69 Å². The molecule has 0 aromatic heterocycles. The van der Waals surface area contributed by atoms with Crippen LogP contribution < -0.4 is 14.8 Å². The van der Waals surface area contributed by atoms with E-state index in [1.807, 2.05) is 84.9 Å². The quantitative estimate of drug-likeness (QED) is 0.340. The molecule has 4 rings (SSSR count). The fraction of sp³-hybridized carbons (Fsp3) is 0.0833. The van der Waals surface area contributed by atoms with Crippen molar-refractivity contribution < 1.29 is 14.6 Å². The minimum atomic E-state index is -0.112. The van der Waals surface area contributed by atoms with Gasteiger partial charge in [0.1, 0.15) is 0 Å². The molecule has 6 nitrogen and oxygen atoms in total. The molecule has 31 heavy (non-hydrogen) atoms. The third kappa shape index (κ3) is 5.09. The Labute approximate surface area is 186 Å². The summed E-state index contributed by atoms with van der Waals surface area (Å²) in [6.45, 7) is 0.110. The molecule has 1 aliphatic rings. The van der Waals surface area contributed by atoms with Crippen molar-refractivity contribution in [3.8, 4) is 11.5 Å². The van der Waals surface area contributed by atoms with Crippen LogP contribution in [-0.4, -0.2) is 34.6 Å². The maximum atomic E-state index is 9.48.